The molecule has 4 aromatic rings. The first-order valence-electron chi connectivity index (χ1n) is 9.66. The van der Waals surface area contributed by atoms with Crippen LogP contribution in [-0.2, 0) is 17.8 Å². The number of aromatic nitrogens is 1. The van der Waals surface area contributed by atoms with Crippen molar-refractivity contribution in [3.8, 4) is 6.07 Å². The molecular formula is C25H20N4O. The molecule has 0 saturated carbocycles. The number of nitrogens with zero attached hydrogens (tertiary/aromatic N) is 3. The van der Waals surface area contributed by atoms with Gasteiger partial charge in [0.15, 0.2) is 0 Å². The SMILES string of the molecule is N#Cc1ccccc1Cn1cc(/C=N/NC(=O)Cc2ccccc2)c2ccccc21. The van der Waals surface area contributed by atoms with E-state index in [-0.39, 0.29) is 12.3 Å². The summed E-state index contributed by atoms with van der Waals surface area (Å²) in [5.74, 6) is -0.163. The van der Waals surface area contributed by atoms with Crippen LogP contribution in [-0.4, -0.2) is 16.7 Å². The van der Waals surface area contributed by atoms with Gasteiger partial charge in [-0.15, -0.1) is 0 Å². The fraction of sp³-hybridized carbons (Fsp3) is 0.0800. The van der Waals surface area contributed by atoms with Crippen LogP contribution in [0.3, 0.4) is 0 Å². The van der Waals surface area contributed by atoms with E-state index in [1.54, 1.807) is 6.21 Å². The van der Waals surface area contributed by atoms with Crippen molar-refractivity contribution in [2.45, 2.75) is 13.0 Å². The van der Waals surface area contributed by atoms with Crippen molar-refractivity contribution >= 4 is 23.0 Å². The Bertz CT molecular complexity index is 1250. The molecule has 146 valence electrons. The Kier molecular flexibility index (Phi) is 5.68. The third-order valence-electron chi connectivity index (χ3n) is 4.90. The van der Waals surface area contributed by atoms with Crippen LogP contribution >= 0.6 is 0 Å². The summed E-state index contributed by atoms with van der Waals surface area (Å²) in [4.78, 5) is 12.1. The van der Waals surface area contributed by atoms with Crippen molar-refractivity contribution in [2.24, 2.45) is 5.10 Å². The van der Waals surface area contributed by atoms with Crippen LogP contribution in [0.2, 0.25) is 0 Å². The van der Waals surface area contributed by atoms with E-state index >= 15 is 0 Å². The van der Waals surface area contributed by atoms with Crippen LogP contribution in [0.4, 0.5) is 0 Å². The minimum absolute atomic E-state index is 0.163. The van der Waals surface area contributed by atoms with Crippen LogP contribution < -0.4 is 5.43 Å². The number of hydrazone groups is 1. The third-order valence-corrected chi connectivity index (χ3v) is 4.90. The molecule has 0 bridgehead atoms. The highest BCUT2D eigenvalue weighted by Gasteiger charge is 2.09. The van der Waals surface area contributed by atoms with Crippen molar-refractivity contribution < 1.29 is 4.79 Å². The molecule has 0 aliphatic rings. The predicted molar refractivity (Wildman–Crippen MR) is 118 cm³/mol. The molecule has 0 unspecified atom stereocenters. The maximum Gasteiger partial charge on any atom is 0.244 e. The summed E-state index contributed by atoms with van der Waals surface area (Å²) < 4.78 is 2.10. The fourth-order valence-electron chi connectivity index (χ4n) is 3.45. The topological polar surface area (TPSA) is 70.2 Å². The standard InChI is InChI=1S/C25H20N4O/c26-15-20-10-4-5-11-21(20)17-29-18-22(23-12-6-7-13-24(23)29)16-27-28-25(30)14-19-8-2-1-3-9-19/h1-13,16,18H,14,17H2,(H,28,30)/b27-16+. The molecule has 1 N–H and O–H groups in total. The summed E-state index contributed by atoms with van der Waals surface area (Å²) in [7, 11) is 0. The van der Waals surface area contributed by atoms with Crippen LogP contribution in [0.25, 0.3) is 10.9 Å². The molecule has 0 radical (unpaired) electrons. The predicted octanol–water partition coefficient (Wildman–Crippen LogP) is 4.25. The lowest BCUT2D eigenvalue weighted by molar-refractivity contribution is -0.120. The third kappa shape index (κ3) is 4.29. The molecule has 1 heterocycles. The highest BCUT2D eigenvalue weighted by atomic mass is 16.2. The summed E-state index contributed by atoms with van der Waals surface area (Å²) in [6.45, 7) is 0.582. The van der Waals surface area contributed by atoms with Gasteiger partial charge in [-0.05, 0) is 23.3 Å². The second-order valence-electron chi connectivity index (χ2n) is 6.95. The molecule has 0 saturated heterocycles. The van der Waals surface area contributed by atoms with Crippen molar-refractivity contribution in [3.63, 3.8) is 0 Å². The van der Waals surface area contributed by atoms with Crippen LogP contribution in [0.15, 0.2) is 90.2 Å². The average Bonchev–Trinajstić information content (AvgIpc) is 3.12. The first-order valence-corrected chi connectivity index (χ1v) is 9.66. The molecule has 0 fully saturated rings. The van der Waals surface area contributed by atoms with Crippen LogP contribution in [0.1, 0.15) is 22.3 Å². The number of carbonyl (C=O) groups is 1. The quantitative estimate of drug-likeness (QED) is 0.394. The Hall–Kier alpha value is -4.17. The van der Waals surface area contributed by atoms with E-state index in [9.17, 15) is 10.1 Å². The molecule has 0 aliphatic heterocycles. The van der Waals surface area contributed by atoms with E-state index in [0.717, 1.165) is 27.6 Å². The lowest BCUT2D eigenvalue weighted by Crippen LogP contribution is -2.19. The molecule has 5 heteroatoms. The molecule has 0 aliphatic carbocycles. The number of carbonyl (C=O) groups excluding carboxylic acids is 1. The van der Waals surface area contributed by atoms with Gasteiger partial charge in [0.1, 0.15) is 0 Å². The van der Waals surface area contributed by atoms with Crippen molar-refractivity contribution in [1.29, 1.82) is 5.26 Å². The van der Waals surface area contributed by atoms with E-state index in [0.29, 0.717) is 12.1 Å². The molecule has 4 rings (SSSR count). The highest BCUT2D eigenvalue weighted by molar-refractivity contribution is 5.99. The zero-order valence-electron chi connectivity index (χ0n) is 16.3. The number of nitrogens with one attached hydrogen (secondary N) is 1. The number of nitriles is 1. The molecule has 30 heavy (non-hydrogen) atoms. The molecule has 5 nitrogen and oxygen atoms in total. The summed E-state index contributed by atoms with van der Waals surface area (Å²) in [6.07, 6.45) is 3.94. The Labute approximate surface area is 174 Å². The summed E-state index contributed by atoms with van der Waals surface area (Å²) in [6, 6.07) is 27.4. The first kappa shape index (κ1) is 19.2. The van der Waals surface area contributed by atoms with E-state index in [1.165, 1.54) is 0 Å². The second-order valence-corrected chi connectivity index (χ2v) is 6.95. The minimum atomic E-state index is -0.163. The number of benzene rings is 3. The van der Waals surface area contributed by atoms with Crippen molar-refractivity contribution in [3.05, 3.63) is 107 Å². The van der Waals surface area contributed by atoms with Gasteiger partial charge in [-0.2, -0.15) is 10.4 Å². The minimum Gasteiger partial charge on any atom is -0.342 e. The average molecular weight is 392 g/mol. The summed E-state index contributed by atoms with van der Waals surface area (Å²) in [5, 5.41) is 14.6. The van der Waals surface area contributed by atoms with E-state index < -0.39 is 0 Å². The highest BCUT2D eigenvalue weighted by Crippen LogP contribution is 2.22. The van der Waals surface area contributed by atoms with Gasteiger partial charge in [0.25, 0.3) is 0 Å². The molecule has 0 atom stereocenters. The number of rotatable bonds is 6. The Balaban J connectivity index is 1.54. The van der Waals surface area contributed by atoms with E-state index in [4.69, 9.17) is 0 Å². The first-order chi connectivity index (χ1) is 14.7. The van der Waals surface area contributed by atoms with Gasteiger partial charge >= 0.3 is 0 Å². The lowest BCUT2D eigenvalue weighted by atomic mass is 10.1. The van der Waals surface area contributed by atoms with Crippen LogP contribution in [0, 0.1) is 11.3 Å². The molecular weight excluding hydrogens is 372 g/mol. The molecule has 1 amide bonds. The Morgan fingerprint density at radius 3 is 2.57 bits per heavy atom. The van der Waals surface area contributed by atoms with Crippen LogP contribution in [0.5, 0.6) is 0 Å². The zero-order valence-corrected chi connectivity index (χ0v) is 16.3. The Morgan fingerprint density at radius 2 is 1.73 bits per heavy atom. The van der Waals surface area contributed by atoms with Crippen molar-refractivity contribution in [2.75, 3.05) is 0 Å². The number of para-hydroxylation sites is 1. The van der Waals surface area contributed by atoms with E-state index in [2.05, 4.69) is 21.2 Å². The van der Waals surface area contributed by atoms with Crippen molar-refractivity contribution in [1.82, 2.24) is 9.99 Å². The fourth-order valence-corrected chi connectivity index (χ4v) is 3.45. The lowest BCUT2D eigenvalue weighted by Gasteiger charge is -2.07. The molecule has 0 spiro atoms. The Morgan fingerprint density at radius 1 is 1.00 bits per heavy atom. The van der Waals surface area contributed by atoms with Gasteiger partial charge in [0.2, 0.25) is 5.91 Å². The normalized spacial score (nSPS) is 10.9. The maximum atomic E-state index is 12.1. The van der Waals surface area contributed by atoms with Gasteiger partial charge in [-0.1, -0.05) is 66.7 Å². The van der Waals surface area contributed by atoms with Gasteiger partial charge in [0.05, 0.1) is 24.3 Å². The largest absolute Gasteiger partial charge is 0.342 e. The van der Waals surface area contributed by atoms with Gasteiger partial charge in [-0.3, -0.25) is 4.79 Å². The summed E-state index contributed by atoms with van der Waals surface area (Å²) in [5.41, 5.74) is 7.11. The number of fused-ring (bicyclic) bond motifs is 1. The van der Waals surface area contributed by atoms with Gasteiger partial charge in [0, 0.05) is 29.2 Å². The second kappa shape index (κ2) is 8.89. The number of amides is 1. The monoisotopic (exact) mass is 392 g/mol. The summed E-state index contributed by atoms with van der Waals surface area (Å²) >= 11 is 0. The zero-order chi connectivity index (χ0) is 20.8. The molecule has 3 aromatic carbocycles. The smallest absolute Gasteiger partial charge is 0.244 e. The van der Waals surface area contributed by atoms with Gasteiger partial charge < -0.3 is 4.57 Å². The van der Waals surface area contributed by atoms with Gasteiger partial charge in [-0.25, -0.2) is 5.43 Å². The van der Waals surface area contributed by atoms with E-state index in [1.807, 2.05) is 85.1 Å². The number of hydrogen-bond acceptors (Lipinski definition) is 3. The maximum absolute atomic E-state index is 12.1. The number of hydrogen-bond donors (Lipinski definition) is 1. The molecule has 1 aromatic heterocycles.